The molecule has 1 atom stereocenters. The summed E-state index contributed by atoms with van der Waals surface area (Å²) in [5.41, 5.74) is 4.69. The predicted octanol–water partition coefficient (Wildman–Crippen LogP) is 1.02. The first kappa shape index (κ1) is 10.2. The number of alkyl halides is 2. The molecular formula is C3H8ClF2N. The fourth-order valence-electron chi connectivity index (χ4n) is 0. The van der Waals surface area contributed by atoms with Crippen LogP contribution in [0.2, 0.25) is 0 Å². The zero-order valence-electron chi connectivity index (χ0n) is 3.90. The molecule has 0 bridgehead atoms. The van der Waals surface area contributed by atoms with Gasteiger partial charge in [-0.15, -0.1) is 12.4 Å². The third-order valence-corrected chi connectivity index (χ3v) is 0.397. The fourth-order valence-corrected chi connectivity index (χ4v) is 0. The van der Waals surface area contributed by atoms with Crippen LogP contribution < -0.4 is 5.73 Å². The first-order chi connectivity index (χ1) is 2.64. The first-order valence-electron chi connectivity index (χ1n) is 1.68. The van der Waals surface area contributed by atoms with Gasteiger partial charge in [-0.25, -0.2) is 8.78 Å². The Morgan fingerprint density at radius 3 is 1.57 bits per heavy atom. The maximum absolute atomic E-state index is 11.0. The summed E-state index contributed by atoms with van der Waals surface area (Å²) in [5.74, 6) is 0. The van der Waals surface area contributed by atoms with Crippen molar-refractivity contribution in [3.63, 3.8) is 0 Å². The lowest BCUT2D eigenvalue weighted by Crippen LogP contribution is -2.23. The van der Waals surface area contributed by atoms with Gasteiger partial charge in [-0.1, -0.05) is 0 Å². The number of rotatable bonds is 1. The zero-order chi connectivity index (χ0) is 5.15. The molecule has 0 aromatic heterocycles. The van der Waals surface area contributed by atoms with Gasteiger partial charge in [0.1, 0.15) is 0 Å². The van der Waals surface area contributed by atoms with Crippen LogP contribution in [-0.4, -0.2) is 12.5 Å². The lowest BCUT2D eigenvalue weighted by atomic mass is 10.4. The van der Waals surface area contributed by atoms with Gasteiger partial charge in [0.25, 0.3) is 6.43 Å². The lowest BCUT2D eigenvalue weighted by molar-refractivity contribution is 0.123. The van der Waals surface area contributed by atoms with Crippen LogP contribution in [-0.2, 0) is 0 Å². The van der Waals surface area contributed by atoms with Crippen LogP contribution >= 0.6 is 12.4 Å². The quantitative estimate of drug-likeness (QED) is 0.565. The Bertz CT molecular complexity index is 33.9. The maximum atomic E-state index is 11.0. The molecule has 0 radical (unpaired) electrons. The molecule has 0 aromatic rings. The third-order valence-electron chi connectivity index (χ3n) is 0.397. The highest BCUT2D eigenvalue weighted by molar-refractivity contribution is 5.85. The molecular weight excluding hydrogens is 123 g/mol. The van der Waals surface area contributed by atoms with Crippen molar-refractivity contribution < 1.29 is 8.78 Å². The van der Waals surface area contributed by atoms with Gasteiger partial charge in [0.05, 0.1) is 6.04 Å². The predicted molar refractivity (Wildman–Crippen MR) is 26.9 cm³/mol. The van der Waals surface area contributed by atoms with Crippen molar-refractivity contribution in [2.24, 2.45) is 5.73 Å². The average Bonchev–Trinajstić information content (AvgIpc) is 1.36. The van der Waals surface area contributed by atoms with E-state index in [1.807, 2.05) is 0 Å². The van der Waals surface area contributed by atoms with E-state index >= 15 is 0 Å². The molecule has 0 heterocycles. The van der Waals surface area contributed by atoms with Gasteiger partial charge in [0.2, 0.25) is 0 Å². The Kier molecular flexibility index (Phi) is 6.21. The summed E-state index contributed by atoms with van der Waals surface area (Å²) in [6.45, 7) is 1.27. The molecule has 0 amide bonds. The highest BCUT2D eigenvalue weighted by atomic mass is 35.5. The average molecular weight is 132 g/mol. The van der Waals surface area contributed by atoms with E-state index in [9.17, 15) is 8.78 Å². The molecule has 0 rings (SSSR count). The Morgan fingerprint density at radius 1 is 1.43 bits per heavy atom. The second-order valence-corrected chi connectivity index (χ2v) is 1.19. The topological polar surface area (TPSA) is 26.0 Å². The Balaban J connectivity index is 0. The largest absolute Gasteiger partial charge is 0.323 e. The van der Waals surface area contributed by atoms with Crippen molar-refractivity contribution in [2.45, 2.75) is 19.4 Å². The van der Waals surface area contributed by atoms with E-state index in [4.69, 9.17) is 0 Å². The zero-order valence-corrected chi connectivity index (χ0v) is 4.71. The van der Waals surface area contributed by atoms with E-state index in [2.05, 4.69) is 5.73 Å². The molecule has 0 spiro atoms. The van der Waals surface area contributed by atoms with Crippen LogP contribution in [0.4, 0.5) is 8.78 Å². The third kappa shape index (κ3) is 6.11. The van der Waals surface area contributed by atoms with E-state index in [1.165, 1.54) is 6.92 Å². The molecule has 1 nitrogen and oxygen atoms in total. The minimum Gasteiger partial charge on any atom is -0.323 e. The van der Waals surface area contributed by atoms with Gasteiger partial charge in [-0.3, -0.25) is 0 Å². The Hall–Kier alpha value is 0.110. The first-order valence-corrected chi connectivity index (χ1v) is 1.68. The van der Waals surface area contributed by atoms with Crippen LogP contribution in [0.25, 0.3) is 0 Å². The van der Waals surface area contributed by atoms with Crippen molar-refractivity contribution in [1.29, 1.82) is 0 Å². The molecule has 0 saturated heterocycles. The molecule has 7 heavy (non-hydrogen) atoms. The molecule has 2 N–H and O–H groups in total. The van der Waals surface area contributed by atoms with Gasteiger partial charge in [0, 0.05) is 0 Å². The van der Waals surface area contributed by atoms with E-state index in [0.717, 1.165) is 0 Å². The number of halogens is 3. The fraction of sp³-hybridized carbons (Fsp3) is 1.00. The van der Waals surface area contributed by atoms with Gasteiger partial charge in [-0.2, -0.15) is 0 Å². The summed E-state index contributed by atoms with van der Waals surface area (Å²) in [6.07, 6.45) is -2.37. The molecule has 0 aliphatic carbocycles. The molecule has 0 saturated carbocycles. The minimum atomic E-state index is -2.37. The van der Waals surface area contributed by atoms with Gasteiger partial charge < -0.3 is 5.73 Å². The highest BCUT2D eigenvalue weighted by Gasteiger charge is 2.05. The summed E-state index contributed by atoms with van der Waals surface area (Å²) in [5, 5.41) is 0. The van der Waals surface area contributed by atoms with E-state index in [-0.39, 0.29) is 12.4 Å². The second kappa shape index (κ2) is 4.27. The van der Waals surface area contributed by atoms with Crippen molar-refractivity contribution in [3.8, 4) is 0 Å². The van der Waals surface area contributed by atoms with Crippen LogP contribution in [0.3, 0.4) is 0 Å². The van der Waals surface area contributed by atoms with Crippen LogP contribution in [0.5, 0.6) is 0 Å². The molecule has 0 aliphatic heterocycles. The molecule has 4 heteroatoms. The standard InChI is InChI=1S/C3H7F2N.ClH/c1-2(6)3(4)5;/h2-3H,6H2,1H3;1H/t2-;/m1./s1. The molecule has 0 aromatic carbocycles. The van der Waals surface area contributed by atoms with Gasteiger partial charge >= 0.3 is 0 Å². The van der Waals surface area contributed by atoms with Crippen molar-refractivity contribution in [3.05, 3.63) is 0 Å². The van der Waals surface area contributed by atoms with E-state index in [0.29, 0.717) is 0 Å². The molecule has 46 valence electrons. The Morgan fingerprint density at radius 2 is 1.57 bits per heavy atom. The van der Waals surface area contributed by atoms with E-state index in [1.54, 1.807) is 0 Å². The SMILES string of the molecule is C[C@@H](N)C(F)F.Cl. The molecule has 0 aliphatic rings. The van der Waals surface area contributed by atoms with Crippen LogP contribution in [0, 0.1) is 0 Å². The Labute approximate surface area is 47.3 Å². The van der Waals surface area contributed by atoms with Crippen molar-refractivity contribution >= 4 is 12.4 Å². The minimum absolute atomic E-state index is 0. The summed E-state index contributed by atoms with van der Waals surface area (Å²) in [6, 6.07) is -0.981. The van der Waals surface area contributed by atoms with Crippen molar-refractivity contribution in [1.82, 2.24) is 0 Å². The van der Waals surface area contributed by atoms with Crippen molar-refractivity contribution in [2.75, 3.05) is 0 Å². The smallest absolute Gasteiger partial charge is 0.253 e. The maximum Gasteiger partial charge on any atom is 0.253 e. The lowest BCUT2D eigenvalue weighted by Gasteiger charge is -1.97. The summed E-state index contributed by atoms with van der Waals surface area (Å²) >= 11 is 0. The summed E-state index contributed by atoms with van der Waals surface area (Å²) in [7, 11) is 0. The normalized spacial score (nSPS) is 13.3. The second-order valence-electron chi connectivity index (χ2n) is 1.19. The number of hydrogen-bond acceptors (Lipinski definition) is 1. The number of hydrogen-bond donors (Lipinski definition) is 1. The van der Waals surface area contributed by atoms with Crippen LogP contribution in [0.1, 0.15) is 6.92 Å². The molecule has 0 unspecified atom stereocenters. The van der Waals surface area contributed by atoms with E-state index < -0.39 is 12.5 Å². The van der Waals surface area contributed by atoms with Gasteiger partial charge in [0.15, 0.2) is 0 Å². The molecule has 0 fully saturated rings. The summed E-state index contributed by atoms with van der Waals surface area (Å²) < 4.78 is 22.1. The van der Waals surface area contributed by atoms with Crippen LogP contribution in [0.15, 0.2) is 0 Å². The van der Waals surface area contributed by atoms with Gasteiger partial charge in [-0.05, 0) is 6.92 Å². The highest BCUT2D eigenvalue weighted by Crippen LogP contribution is 1.93. The monoisotopic (exact) mass is 131 g/mol. The number of nitrogens with two attached hydrogens (primary N) is 1. The summed E-state index contributed by atoms with van der Waals surface area (Å²) in [4.78, 5) is 0.